The molecular formula is H12BF9W. The van der Waals surface area contributed by atoms with Crippen LogP contribution in [0.3, 0.4) is 0 Å². The molecule has 0 nitrogen and oxygen atoms in total. The second-order valence-electron chi connectivity index (χ2n) is 0. The van der Waals surface area contributed by atoms with Crippen LogP contribution in [0.2, 0.25) is 0 Å². The summed E-state index contributed by atoms with van der Waals surface area (Å²) in [6, 6.07) is 0. The van der Waals surface area contributed by atoms with Crippen molar-refractivity contribution in [3.8, 4) is 0 Å². The van der Waals surface area contributed by atoms with Crippen LogP contribution in [0.5, 0.6) is 0 Å². The molecule has 0 fully saturated rings. The van der Waals surface area contributed by atoms with E-state index in [0.717, 1.165) is 0 Å². The van der Waals surface area contributed by atoms with E-state index in [2.05, 4.69) is 0 Å². The van der Waals surface area contributed by atoms with Gasteiger partial charge in [0, 0.05) is 21.1 Å². The molecule has 0 aromatic heterocycles. The van der Waals surface area contributed by atoms with Crippen LogP contribution in [0.25, 0.3) is 0 Å². The molecule has 0 saturated heterocycles. The summed E-state index contributed by atoms with van der Waals surface area (Å²) >= 11 is 0. The van der Waals surface area contributed by atoms with Crippen LogP contribution in [0.4, 0.5) is 42.3 Å². The molecule has 11 heavy (non-hydrogen) atoms. The van der Waals surface area contributed by atoms with E-state index in [9.17, 15) is 0 Å². The van der Waals surface area contributed by atoms with Crippen molar-refractivity contribution < 1.29 is 63.4 Å². The third-order valence-electron chi connectivity index (χ3n) is 0. The first-order valence-electron chi connectivity index (χ1n) is 0. The molecule has 0 aliphatic carbocycles. The minimum Gasteiger partial charge on any atom is -0.269 e. The van der Waals surface area contributed by atoms with Crippen LogP contribution in [-0.2, 0) is 21.1 Å². The Hall–Kier alpha value is 0.123. The maximum Gasteiger partial charge on any atom is 0.0814 e. The van der Waals surface area contributed by atoms with E-state index in [0.29, 0.717) is 0 Å². The molecule has 0 spiro atoms. The predicted octanol–water partition coefficient (Wildman–Crippen LogP) is 0.186. The topological polar surface area (TPSA) is 0 Å². The summed E-state index contributed by atoms with van der Waals surface area (Å²) in [6.45, 7) is 0. The quantitative estimate of drug-likeness (QED) is 0.417. The molecule has 0 aliphatic rings. The van der Waals surface area contributed by atoms with Gasteiger partial charge in [0.15, 0.2) is 0 Å². The van der Waals surface area contributed by atoms with Gasteiger partial charge in [0.2, 0.25) is 0 Å². The zero-order valence-electron chi connectivity index (χ0n) is 4.08. The molecule has 0 aliphatic heterocycles. The van der Waals surface area contributed by atoms with Crippen molar-refractivity contribution >= 4 is 8.41 Å². The average Bonchev–Trinajstić information content (AvgIpc) is 0. The molecule has 0 radical (unpaired) electrons. The molecule has 0 bridgehead atoms. The van der Waals surface area contributed by atoms with E-state index >= 15 is 0 Å². The first-order chi connectivity index (χ1) is 0. The van der Waals surface area contributed by atoms with Gasteiger partial charge in [0.1, 0.15) is 0 Å². The van der Waals surface area contributed by atoms with Crippen LogP contribution in [0.15, 0.2) is 0 Å². The molecule has 0 rings (SSSR count). The largest absolute Gasteiger partial charge is 0.269 e. The van der Waals surface area contributed by atoms with Gasteiger partial charge in [-0.25, -0.2) is 0 Å². The first kappa shape index (κ1) is 75000. The number of halogens is 9. The second-order valence-corrected chi connectivity index (χ2v) is 0. The number of hydrogen-bond acceptors (Lipinski definition) is 0. The van der Waals surface area contributed by atoms with Crippen molar-refractivity contribution in [2.75, 3.05) is 0 Å². The van der Waals surface area contributed by atoms with Crippen LogP contribution in [0, 0.1) is 0 Å². The monoisotopic (exact) mass is 378 g/mol. The molecule has 0 atom stereocenters. The van der Waals surface area contributed by atoms with E-state index in [1.807, 2.05) is 0 Å². The molecule has 0 amide bonds. The molecule has 0 unspecified atom stereocenters. The van der Waals surface area contributed by atoms with Gasteiger partial charge in [-0.15, -0.1) is 0 Å². The molecule has 84 valence electrons. The molecule has 0 heterocycles. The summed E-state index contributed by atoms with van der Waals surface area (Å²) in [5.74, 6) is 0. The van der Waals surface area contributed by atoms with Gasteiger partial charge in [-0.1, -0.05) is 0 Å². The molecule has 11 heteroatoms. The Balaban J connectivity index is 0. The zero-order chi connectivity index (χ0) is 0. The van der Waals surface area contributed by atoms with Gasteiger partial charge >= 0.3 is 0 Å². The van der Waals surface area contributed by atoms with Crippen molar-refractivity contribution in [2.24, 2.45) is 0 Å². The van der Waals surface area contributed by atoms with Gasteiger partial charge in [-0.05, 0) is 0 Å². The number of hydrogen-bond donors (Lipinski definition) is 0. The fourth-order valence-electron chi connectivity index (χ4n) is 0. The standard InChI is InChI=1S/BH3.9FH.W/h1H3;9*1H;. The average molecular weight is 378 g/mol. The Morgan fingerprint density at radius 3 is 0.273 bits per heavy atom. The minimum absolute atomic E-state index is 0. The minimum atomic E-state index is 0. The smallest absolute Gasteiger partial charge is 0.0814 e. The van der Waals surface area contributed by atoms with Gasteiger partial charge in [0.25, 0.3) is 0 Å². The number of rotatable bonds is 0. The normalized spacial score (nSPS) is 0. The van der Waals surface area contributed by atoms with Crippen molar-refractivity contribution in [3.63, 3.8) is 0 Å². The summed E-state index contributed by atoms with van der Waals surface area (Å²) in [7, 11) is 0. The van der Waals surface area contributed by atoms with E-state index in [-0.39, 0.29) is 71.8 Å². The van der Waals surface area contributed by atoms with Crippen LogP contribution in [0.1, 0.15) is 0 Å². The van der Waals surface area contributed by atoms with Gasteiger partial charge in [-0.3, -0.25) is 42.3 Å². The van der Waals surface area contributed by atoms with E-state index in [1.54, 1.807) is 0 Å². The van der Waals surface area contributed by atoms with Crippen molar-refractivity contribution in [1.29, 1.82) is 0 Å². The fourth-order valence-corrected chi connectivity index (χ4v) is 0. The maximum absolute atomic E-state index is 0. The van der Waals surface area contributed by atoms with Gasteiger partial charge < -0.3 is 0 Å². The van der Waals surface area contributed by atoms with Crippen molar-refractivity contribution in [1.82, 2.24) is 0 Å². The first-order valence-corrected chi connectivity index (χ1v) is 0. The summed E-state index contributed by atoms with van der Waals surface area (Å²) in [5.41, 5.74) is 0. The Bertz CT molecular complexity index is 9.52. The van der Waals surface area contributed by atoms with Crippen LogP contribution < -0.4 is 0 Å². The summed E-state index contributed by atoms with van der Waals surface area (Å²) in [6.07, 6.45) is 0. The molecule has 0 aromatic rings. The van der Waals surface area contributed by atoms with Crippen molar-refractivity contribution in [2.45, 2.75) is 0 Å². The summed E-state index contributed by atoms with van der Waals surface area (Å²) in [5, 5.41) is 0. The maximum atomic E-state index is 0. The summed E-state index contributed by atoms with van der Waals surface area (Å²) < 4.78 is 0. The summed E-state index contributed by atoms with van der Waals surface area (Å²) in [4.78, 5) is 0. The predicted molar refractivity (Wildman–Crippen MR) is 32.5 cm³/mol. The third-order valence-corrected chi connectivity index (χ3v) is 0. The second kappa shape index (κ2) is 55500. The molecular weight excluding hydrogens is 366 g/mol. The van der Waals surface area contributed by atoms with E-state index < -0.39 is 0 Å². The van der Waals surface area contributed by atoms with Crippen molar-refractivity contribution in [3.05, 3.63) is 0 Å². The molecule has 0 aromatic carbocycles. The van der Waals surface area contributed by atoms with Gasteiger partial charge in [-0.2, -0.15) is 0 Å². The molecule has 0 N–H and O–H groups in total. The Morgan fingerprint density at radius 1 is 0.273 bits per heavy atom. The van der Waals surface area contributed by atoms with Crippen LogP contribution in [-0.4, -0.2) is 8.41 Å². The van der Waals surface area contributed by atoms with E-state index in [1.165, 1.54) is 0 Å². The van der Waals surface area contributed by atoms with E-state index in [4.69, 9.17) is 0 Å². The Morgan fingerprint density at radius 2 is 0.273 bits per heavy atom. The van der Waals surface area contributed by atoms with Gasteiger partial charge in [0.05, 0.1) is 8.41 Å². The van der Waals surface area contributed by atoms with Crippen LogP contribution >= 0.6 is 0 Å². The molecule has 0 saturated carbocycles. The third kappa shape index (κ3) is 44000. The Labute approximate surface area is 72.6 Å². The fraction of sp³-hybridized carbons (Fsp3) is 0. The zero-order valence-corrected chi connectivity index (χ0v) is 7.02. The SMILES string of the molecule is B.F.F.F.F.F.F.F.F.F.[W]. The Kier molecular flexibility index (Phi) is 378000000.